The Bertz CT molecular complexity index is 877. The minimum absolute atomic E-state index is 0.00942. The van der Waals surface area contributed by atoms with Crippen molar-refractivity contribution in [2.75, 3.05) is 44.2 Å². The minimum Gasteiger partial charge on any atom is -0.447 e. The Labute approximate surface area is 193 Å². The lowest BCUT2D eigenvalue weighted by Crippen LogP contribution is -2.49. The van der Waals surface area contributed by atoms with E-state index in [4.69, 9.17) is 14.2 Å². The molecule has 1 saturated carbocycles. The molecular formula is C24H33N3O6. The number of methoxy groups -OCH3 is 1. The number of hydrogen-bond donors (Lipinski definition) is 3. The Kier molecular flexibility index (Phi) is 7.49. The van der Waals surface area contributed by atoms with Gasteiger partial charge in [-0.1, -0.05) is 25.3 Å². The first kappa shape index (κ1) is 23.5. The van der Waals surface area contributed by atoms with Crippen molar-refractivity contribution < 1.29 is 28.6 Å². The van der Waals surface area contributed by atoms with E-state index >= 15 is 0 Å². The highest BCUT2D eigenvalue weighted by Crippen LogP contribution is 2.45. The third-order valence-corrected chi connectivity index (χ3v) is 7.03. The quantitative estimate of drug-likeness (QED) is 0.540. The average Bonchev–Trinajstić information content (AvgIpc) is 3.08. The van der Waals surface area contributed by atoms with E-state index in [9.17, 15) is 14.4 Å². The molecule has 9 nitrogen and oxygen atoms in total. The second kappa shape index (κ2) is 10.5. The molecule has 2 heterocycles. The second-order valence-electron chi connectivity index (χ2n) is 9.05. The summed E-state index contributed by atoms with van der Waals surface area (Å²) < 4.78 is 15.5. The Morgan fingerprint density at radius 3 is 2.67 bits per heavy atom. The van der Waals surface area contributed by atoms with E-state index in [0.717, 1.165) is 43.4 Å². The van der Waals surface area contributed by atoms with E-state index in [1.54, 1.807) is 6.07 Å². The highest BCUT2D eigenvalue weighted by molar-refractivity contribution is 6.07. The van der Waals surface area contributed by atoms with Gasteiger partial charge >= 0.3 is 6.09 Å². The summed E-state index contributed by atoms with van der Waals surface area (Å²) in [5, 5.41) is 8.67. The highest BCUT2D eigenvalue weighted by Gasteiger charge is 2.47. The van der Waals surface area contributed by atoms with Crippen LogP contribution in [-0.4, -0.2) is 57.5 Å². The van der Waals surface area contributed by atoms with Crippen LogP contribution >= 0.6 is 0 Å². The molecular weight excluding hydrogens is 426 g/mol. The fourth-order valence-electron chi connectivity index (χ4n) is 5.19. The zero-order chi connectivity index (χ0) is 23.3. The number of nitrogens with one attached hydrogen (secondary N) is 3. The molecule has 180 valence electrons. The van der Waals surface area contributed by atoms with E-state index in [1.165, 1.54) is 7.11 Å². The van der Waals surface area contributed by atoms with Crippen LogP contribution < -0.4 is 16.0 Å². The molecule has 4 rings (SSSR count). The molecule has 0 radical (unpaired) electrons. The van der Waals surface area contributed by atoms with Crippen LogP contribution in [0.4, 0.5) is 16.2 Å². The molecule has 1 saturated heterocycles. The SMILES string of the molecule is COCCOC(=O)N[C@H](C(=O)Nc1ccc2c(c1)NC(=O)C21CCOCC1)C1CCCCC1. The predicted octanol–water partition coefficient (Wildman–Crippen LogP) is 2.95. The Morgan fingerprint density at radius 2 is 1.94 bits per heavy atom. The molecule has 0 bridgehead atoms. The largest absolute Gasteiger partial charge is 0.447 e. The molecule has 3 amide bonds. The number of alkyl carbamates (subject to hydrolysis) is 1. The summed E-state index contributed by atoms with van der Waals surface area (Å²) >= 11 is 0. The number of ether oxygens (including phenoxy) is 3. The molecule has 1 aromatic rings. The molecule has 0 unspecified atom stereocenters. The van der Waals surface area contributed by atoms with Gasteiger partial charge in [-0.25, -0.2) is 4.79 Å². The smallest absolute Gasteiger partial charge is 0.407 e. The van der Waals surface area contributed by atoms with Crippen LogP contribution in [-0.2, 0) is 29.2 Å². The van der Waals surface area contributed by atoms with Crippen molar-refractivity contribution >= 4 is 29.3 Å². The van der Waals surface area contributed by atoms with Crippen LogP contribution in [0.1, 0.15) is 50.5 Å². The molecule has 1 atom stereocenters. The maximum atomic E-state index is 13.2. The van der Waals surface area contributed by atoms with Gasteiger partial charge in [0, 0.05) is 31.7 Å². The van der Waals surface area contributed by atoms with Gasteiger partial charge in [0.25, 0.3) is 0 Å². The third-order valence-electron chi connectivity index (χ3n) is 7.03. The molecule has 9 heteroatoms. The molecule has 1 aliphatic carbocycles. The second-order valence-corrected chi connectivity index (χ2v) is 9.05. The molecule has 33 heavy (non-hydrogen) atoms. The number of hydrogen-bond acceptors (Lipinski definition) is 6. The van der Waals surface area contributed by atoms with E-state index in [-0.39, 0.29) is 24.3 Å². The number of carbonyl (C=O) groups is 3. The number of carbonyl (C=O) groups excluding carboxylic acids is 3. The first-order valence-electron chi connectivity index (χ1n) is 11.8. The topological polar surface area (TPSA) is 115 Å². The number of anilines is 2. The number of rotatable bonds is 7. The van der Waals surface area contributed by atoms with Gasteiger partial charge in [0.2, 0.25) is 11.8 Å². The standard InChI is InChI=1S/C24H33N3O6/c1-31-13-14-33-23(30)27-20(16-5-3-2-4-6-16)21(28)25-17-7-8-18-19(15-17)26-22(29)24(18)9-11-32-12-10-24/h7-8,15-16,20H,2-6,9-14H2,1H3,(H,25,28)(H,26,29)(H,27,30)/t20-/m0/s1. The van der Waals surface area contributed by atoms with Gasteiger partial charge in [-0.3, -0.25) is 9.59 Å². The summed E-state index contributed by atoms with van der Waals surface area (Å²) in [4.78, 5) is 38.3. The lowest BCUT2D eigenvalue weighted by molar-refractivity contribution is -0.124. The van der Waals surface area contributed by atoms with Crippen LogP contribution in [0.15, 0.2) is 18.2 Å². The van der Waals surface area contributed by atoms with Crippen LogP contribution in [0, 0.1) is 5.92 Å². The maximum Gasteiger partial charge on any atom is 0.407 e. The monoisotopic (exact) mass is 459 g/mol. The fourth-order valence-corrected chi connectivity index (χ4v) is 5.19. The normalized spacial score (nSPS) is 20.6. The highest BCUT2D eigenvalue weighted by atomic mass is 16.6. The van der Waals surface area contributed by atoms with Crippen LogP contribution in [0.25, 0.3) is 0 Å². The summed E-state index contributed by atoms with van der Waals surface area (Å²) in [6, 6.07) is 4.84. The van der Waals surface area contributed by atoms with Gasteiger partial charge in [-0.05, 0) is 49.3 Å². The molecule has 3 aliphatic rings. The predicted molar refractivity (Wildman–Crippen MR) is 122 cm³/mol. The van der Waals surface area contributed by atoms with Crippen LogP contribution in [0.3, 0.4) is 0 Å². The zero-order valence-electron chi connectivity index (χ0n) is 19.1. The lowest BCUT2D eigenvalue weighted by Gasteiger charge is -2.31. The molecule has 2 fully saturated rings. The van der Waals surface area contributed by atoms with Gasteiger partial charge in [-0.15, -0.1) is 0 Å². The summed E-state index contributed by atoms with van der Waals surface area (Å²) in [6.45, 7) is 1.53. The van der Waals surface area contributed by atoms with Crippen molar-refractivity contribution in [1.82, 2.24) is 5.32 Å². The van der Waals surface area contributed by atoms with Gasteiger partial charge in [0.15, 0.2) is 0 Å². The average molecular weight is 460 g/mol. The van der Waals surface area contributed by atoms with Gasteiger partial charge in [0.05, 0.1) is 12.0 Å². The lowest BCUT2D eigenvalue weighted by atomic mass is 9.75. The molecule has 2 aliphatic heterocycles. The molecule has 3 N–H and O–H groups in total. The minimum atomic E-state index is -0.690. The van der Waals surface area contributed by atoms with Gasteiger partial charge < -0.3 is 30.2 Å². The summed E-state index contributed by atoms with van der Waals surface area (Å²) in [6.07, 6.45) is 5.63. The first-order valence-corrected chi connectivity index (χ1v) is 11.8. The molecule has 0 aromatic heterocycles. The van der Waals surface area contributed by atoms with Crippen molar-refractivity contribution in [3.05, 3.63) is 23.8 Å². The Hall–Kier alpha value is -2.65. The third kappa shape index (κ3) is 5.14. The summed E-state index contributed by atoms with van der Waals surface area (Å²) in [5.41, 5.74) is 1.71. The fraction of sp³-hybridized carbons (Fsp3) is 0.625. The van der Waals surface area contributed by atoms with Crippen LogP contribution in [0.5, 0.6) is 0 Å². The summed E-state index contributed by atoms with van der Waals surface area (Å²) in [5.74, 6) is -0.242. The van der Waals surface area contributed by atoms with Crippen molar-refractivity contribution in [2.45, 2.75) is 56.4 Å². The van der Waals surface area contributed by atoms with E-state index < -0.39 is 17.6 Å². The maximum absolute atomic E-state index is 13.2. The van der Waals surface area contributed by atoms with Gasteiger partial charge in [0.1, 0.15) is 12.6 Å². The van der Waals surface area contributed by atoms with E-state index in [2.05, 4.69) is 16.0 Å². The Morgan fingerprint density at radius 1 is 1.18 bits per heavy atom. The van der Waals surface area contributed by atoms with E-state index in [1.807, 2.05) is 12.1 Å². The summed E-state index contributed by atoms with van der Waals surface area (Å²) in [7, 11) is 1.53. The number of fused-ring (bicyclic) bond motifs is 2. The molecule has 1 spiro atoms. The van der Waals surface area contributed by atoms with Crippen molar-refractivity contribution in [3.8, 4) is 0 Å². The van der Waals surface area contributed by atoms with Gasteiger partial charge in [-0.2, -0.15) is 0 Å². The van der Waals surface area contributed by atoms with Crippen LogP contribution in [0.2, 0.25) is 0 Å². The number of amides is 3. The van der Waals surface area contributed by atoms with Crippen molar-refractivity contribution in [2.24, 2.45) is 5.92 Å². The first-order chi connectivity index (χ1) is 16.0. The number of benzene rings is 1. The van der Waals surface area contributed by atoms with Crippen molar-refractivity contribution in [3.63, 3.8) is 0 Å². The van der Waals surface area contributed by atoms with Crippen molar-refractivity contribution in [1.29, 1.82) is 0 Å². The van der Waals surface area contributed by atoms with E-state index in [0.29, 0.717) is 38.3 Å². The zero-order valence-corrected chi connectivity index (χ0v) is 19.1. The molecule has 1 aromatic carbocycles. The Balaban J connectivity index is 1.47.